The molecule has 2 aliphatic heterocycles. The molecule has 4 aliphatic rings. The van der Waals surface area contributed by atoms with Crippen LogP contribution in [0.3, 0.4) is 0 Å². The van der Waals surface area contributed by atoms with Crippen LogP contribution in [0.2, 0.25) is 0 Å². The SMILES string of the molecule is COc1ccc2c(OC3CC4C(=O)NC5(C(=O)NS(=O)(=O)C6CC6)CC5/C=C\CCCCN(C)C(=O)N4C3)nc(-c3csc(NC(C)C)n3)cc2c1. The van der Waals surface area contributed by atoms with Crippen LogP contribution < -0.4 is 24.8 Å². The summed E-state index contributed by atoms with van der Waals surface area (Å²) in [6.45, 7) is 4.69. The number of sulfonamides is 1. The Morgan fingerprint density at radius 1 is 1.13 bits per heavy atom. The van der Waals surface area contributed by atoms with Crippen LogP contribution in [0.5, 0.6) is 11.6 Å². The van der Waals surface area contributed by atoms with Crippen molar-refractivity contribution in [2.45, 2.75) is 87.8 Å². The highest BCUT2D eigenvalue weighted by Gasteiger charge is 2.62. The van der Waals surface area contributed by atoms with Gasteiger partial charge in [-0.1, -0.05) is 12.2 Å². The van der Waals surface area contributed by atoms with E-state index in [1.165, 1.54) is 16.2 Å². The van der Waals surface area contributed by atoms with Crippen molar-refractivity contribution in [1.82, 2.24) is 29.8 Å². The van der Waals surface area contributed by atoms with Gasteiger partial charge in [-0.3, -0.25) is 14.3 Å². The summed E-state index contributed by atoms with van der Waals surface area (Å²) in [5.41, 5.74) is -0.167. The molecule has 7 rings (SSSR count). The highest BCUT2D eigenvalue weighted by Crippen LogP contribution is 2.46. The number of hydrogen-bond acceptors (Lipinski definition) is 11. The summed E-state index contributed by atoms with van der Waals surface area (Å²) in [7, 11) is -0.530. The lowest BCUT2D eigenvalue weighted by Gasteiger charge is -2.30. The van der Waals surface area contributed by atoms with Gasteiger partial charge in [0, 0.05) is 42.7 Å². The van der Waals surface area contributed by atoms with E-state index < -0.39 is 44.8 Å². The van der Waals surface area contributed by atoms with Crippen molar-refractivity contribution in [3.05, 3.63) is 41.8 Å². The van der Waals surface area contributed by atoms with Gasteiger partial charge in [0.1, 0.15) is 29.1 Å². The number of benzene rings is 1. The Kier molecular flexibility index (Phi) is 9.80. The number of nitrogens with one attached hydrogen (secondary N) is 3. The monoisotopic (exact) mass is 751 g/mol. The Morgan fingerprint density at radius 3 is 2.69 bits per heavy atom. The van der Waals surface area contributed by atoms with E-state index in [9.17, 15) is 22.8 Å². The summed E-state index contributed by atoms with van der Waals surface area (Å²) in [5.74, 6) is -0.664. The summed E-state index contributed by atoms with van der Waals surface area (Å²) in [6, 6.07) is 6.41. The molecule has 2 saturated carbocycles. The maximum Gasteiger partial charge on any atom is 0.320 e. The van der Waals surface area contributed by atoms with Crippen molar-refractivity contribution in [2.75, 3.05) is 32.6 Å². The molecule has 3 N–H and O–H groups in total. The second kappa shape index (κ2) is 14.2. The van der Waals surface area contributed by atoms with Gasteiger partial charge in [0.05, 0.1) is 24.6 Å². The lowest BCUT2D eigenvalue weighted by molar-refractivity contribution is -0.131. The molecule has 3 aromatic rings. The first kappa shape index (κ1) is 35.9. The Labute approximate surface area is 307 Å². The maximum atomic E-state index is 14.2. The highest BCUT2D eigenvalue weighted by molar-refractivity contribution is 7.91. The minimum Gasteiger partial charge on any atom is -0.497 e. The zero-order chi connectivity index (χ0) is 36.8. The van der Waals surface area contributed by atoms with Crippen LogP contribution in [0.1, 0.15) is 58.8 Å². The third-order valence-corrected chi connectivity index (χ3v) is 12.6. The predicted octanol–water partition coefficient (Wildman–Crippen LogP) is 4.28. The number of hydrogen-bond donors (Lipinski definition) is 3. The van der Waals surface area contributed by atoms with Crippen molar-refractivity contribution in [2.24, 2.45) is 5.92 Å². The van der Waals surface area contributed by atoms with Crippen molar-refractivity contribution < 1.29 is 32.3 Å². The van der Waals surface area contributed by atoms with Gasteiger partial charge in [-0.05, 0) is 82.0 Å². The predicted molar refractivity (Wildman–Crippen MR) is 198 cm³/mol. The molecule has 2 aliphatic carbocycles. The van der Waals surface area contributed by atoms with Crippen LogP contribution >= 0.6 is 11.3 Å². The fraction of sp³-hybridized carbons (Fsp3) is 0.528. The highest BCUT2D eigenvalue weighted by atomic mass is 32.2. The molecule has 4 amide bonds. The topological polar surface area (TPSA) is 172 Å². The van der Waals surface area contributed by atoms with Gasteiger partial charge in [0.15, 0.2) is 5.13 Å². The van der Waals surface area contributed by atoms with Crippen molar-refractivity contribution in [3.63, 3.8) is 0 Å². The molecule has 14 nitrogen and oxygen atoms in total. The number of ether oxygens (including phenoxy) is 2. The molecule has 4 unspecified atom stereocenters. The van der Waals surface area contributed by atoms with Crippen LogP contribution in [0.15, 0.2) is 41.8 Å². The number of anilines is 1. The fourth-order valence-corrected chi connectivity index (χ4v) is 9.13. The molecular weight excluding hydrogens is 707 g/mol. The third kappa shape index (κ3) is 7.40. The Bertz CT molecular complexity index is 2010. The summed E-state index contributed by atoms with van der Waals surface area (Å²) in [6.07, 6.45) is 6.94. The smallest absolute Gasteiger partial charge is 0.320 e. The summed E-state index contributed by atoms with van der Waals surface area (Å²) >= 11 is 1.48. The number of amides is 4. The summed E-state index contributed by atoms with van der Waals surface area (Å²) < 4.78 is 39.9. The number of fused-ring (bicyclic) bond motifs is 3. The molecule has 0 spiro atoms. The molecule has 4 heterocycles. The molecule has 3 fully saturated rings. The summed E-state index contributed by atoms with van der Waals surface area (Å²) in [5, 5.41) is 9.87. The number of allylic oxidation sites excluding steroid dienone is 1. The van der Waals surface area contributed by atoms with Crippen molar-refractivity contribution in [3.8, 4) is 23.0 Å². The van der Waals surface area contributed by atoms with E-state index in [4.69, 9.17) is 19.4 Å². The van der Waals surface area contributed by atoms with Gasteiger partial charge >= 0.3 is 6.03 Å². The quantitative estimate of drug-likeness (QED) is 0.268. The second-order valence-corrected chi connectivity index (χ2v) is 17.3. The number of pyridine rings is 1. The number of carbonyl (C=O) groups is 3. The molecule has 4 atom stereocenters. The van der Waals surface area contributed by atoms with Gasteiger partial charge in [0.25, 0.3) is 5.91 Å². The van der Waals surface area contributed by atoms with Gasteiger partial charge < -0.3 is 29.9 Å². The van der Waals surface area contributed by atoms with Crippen LogP contribution in [0.25, 0.3) is 22.2 Å². The number of carbonyl (C=O) groups excluding carboxylic acids is 3. The molecule has 16 heteroatoms. The van der Waals surface area contributed by atoms with Crippen molar-refractivity contribution in [1.29, 1.82) is 0 Å². The lowest BCUT2D eigenvalue weighted by Crippen LogP contribution is -2.57. The first-order valence-electron chi connectivity index (χ1n) is 17.8. The minimum absolute atomic E-state index is 0.0998. The Hall–Kier alpha value is -4.44. The Morgan fingerprint density at radius 2 is 1.94 bits per heavy atom. The number of thiazole rings is 1. The van der Waals surface area contributed by atoms with Crippen LogP contribution in [0.4, 0.5) is 9.93 Å². The minimum atomic E-state index is -3.84. The van der Waals surface area contributed by atoms with E-state index in [0.29, 0.717) is 42.4 Å². The molecule has 278 valence electrons. The number of urea groups is 1. The van der Waals surface area contributed by atoms with Gasteiger partial charge in [0.2, 0.25) is 21.8 Å². The third-order valence-electron chi connectivity index (χ3n) is 10.0. The lowest BCUT2D eigenvalue weighted by atomic mass is 10.1. The van der Waals surface area contributed by atoms with Crippen LogP contribution in [0, 0.1) is 5.92 Å². The van der Waals surface area contributed by atoms with Gasteiger partial charge in [-0.25, -0.2) is 23.2 Å². The first-order valence-corrected chi connectivity index (χ1v) is 20.2. The number of methoxy groups -OCH3 is 1. The van der Waals surface area contributed by atoms with E-state index in [2.05, 4.69) is 15.4 Å². The molecule has 1 aromatic carbocycles. The molecular formula is C36H45N7O7S2. The number of nitrogens with zero attached hydrogens (tertiary/aromatic N) is 4. The molecule has 0 bridgehead atoms. The standard InChI is InChI=1S/C36H45N7O7S2/c1-21(2)37-34-39-29(20-51-34)28-16-22-15-24(49-4)10-13-27(22)32(38-28)50-25-17-30-31(44)40-36(33(45)41-52(47,48)26-11-12-26)18-23(36)9-7-5-6-8-14-42(3)35(46)43(30)19-25/h7,9-10,13,15-16,20-21,23,25-26,30H,5-6,8,11-12,14,17-19H2,1-4H3,(H,37,39)(H,40,44)(H,41,45)/b9-7-. The number of aromatic nitrogens is 2. The zero-order valence-corrected chi connectivity index (χ0v) is 31.4. The largest absolute Gasteiger partial charge is 0.497 e. The van der Waals surface area contributed by atoms with E-state index >= 15 is 0 Å². The van der Waals surface area contributed by atoms with Crippen LogP contribution in [-0.2, 0) is 19.6 Å². The molecule has 2 aromatic heterocycles. The van der Waals surface area contributed by atoms with E-state index in [0.717, 1.165) is 35.2 Å². The Balaban J connectivity index is 1.19. The van der Waals surface area contributed by atoms with Gasteiger partial charge in [-0.15, -0.1) is 11.3 Å². The zero-order valence-electron chi connectivity index (χ0n) is 29.8. The average molecular weight is 752 g/mol. The second-order valence-electron chi connectivity index (χ2n) is 14.5. The summed E-state index contributed by atoms with van der Waals surface area (Å²) in [4.78, 5) is 54.4. The van der Waals surface area contributed by atoms with Crippen LogP contribution in [-0.4, -0.2) is 102 Å². The van der Waals surface area contributed by atoms with E-state index in [1.807, 2.05) is 55.6 Å². The first-order chi connectivity index (χ1) is 24.9. The molecule has 0 radical (unpaired) electrons. The maximum absolute atomic E-state index is 14.2. The normalized spacial score (nSPS) is 25.9. The molecule has 1 saturated heterocycles. The van der Waals surface area contributed by atoms with Crippen molar-refractivity contribution >= 4 is 55.1 Å². The van der Waals surface area contributed by atoms with E-state index in [-0.39, 0.29) is 37.4 Å². The fourth-order valence-electron chi connectivity index (χ4n) is 6.91. The van der Waals surface area contributed by atoms with E-state index in [1.54, 1.807) is 19.1 Å². The number of rotatable bonds is 9. The molecule has 52 heavy (non-hydrogen) atoms. The average Bonchev–Trinajstić information content (AvgIpc) is 3.99. The van der Waals surface area contributed by atoms with Gasteiger partial charge in [-0.2, -0.15) is 0 Å².